The minimum absolute atomic E-state index is 0.494. The average molecular weight is 253 g/mol. The molecule has 5 nitrogen and oxygen atoms in total. The Hall–Kier alpha value is -2.19. The molecule has 0 saturated heterocycles. The van der Waals surface area contributed by atoms with Crippen molar-refractivity contribution in [1.29, 1.82) is 5.26 Å². The molecule has 1 aliphatic rings. The van der Waals surface area contributed by atoms with Crippen LogP contribution in [-0.2, 0) is 19.5 Å². The molecule has 0 atom stereocenters. The number of hydrogen-bond donors (Lipinski definition) is 1. The highest BCUT2D eigenvalue weighted by Gasteiger charge is 2.21. The van der Waals surface area contributed by atoms with Gasteiger partial charge in [-0.15, -0.1) is 0 Å². The van der Waals surface area contributed by atoms with Gasteiger partial charge in [0.2, 0.25) is 0 Å². The Morgan fingerprint density at radius 1 is 1.47 bits per heavy atom. The highest BCUT2D eigenvalue weighted by Crippen LogP contribution is 2.27. The van der Waals surface area contributed by atoms with Crippen LogP contribution in [0.4, 0.5) is 0 Å². The second kappa shape index (κ2) is 5.21. The molecule has 0 spiro atoms. The molecular formula is C14H15N5. The Kier molecular flexibility index (Phi) is 3.25. The lowest BCUT2D eigenvalue weighted by Gasteiger charge is -2.15. The van der Waals surface area contributed by atoms with Crippen molar-refractivity contribution in [3.63, 3.8) is 0 Å². The third-order valence-corrected chi connectivity index (χ3v) is 3.38. The van der Waals surface area contributed by atoms with Crippen molar-refractivity contribution in [2.45, 2.75) is 25.9 Å². The predicted molar refractivity (Wildman–Crippen MR) is 71.1 cm³/mol. The molecule has 0 saturated carbocycles. The van der Waals surface area contributed by atoms with Crippen LogP contribution in [0.5, 0.6) is 0 Å². The van der Waals surface area contributed by atoms with Crippen LogP contribution in [0.1, 0.15) is 17.7 Å². The number of nitrogens with zero attached hydrogens (tertiary/aromatic N) is 4. The van der Waals surface area contributed by atoms with Crippen molar-refractivity contribution in [1.82, 2.24) is 20.1 Å². The number of rotatable bonds is 3. The minimum atomic E-state index is 0.494. The maximum atomic E-state index is 8.74. The molecule has 1 aliphatic heterocycles. The van der Waals surface area contributed by atoms with E-state index >= 15 is 0 Å². The molecule has 0 amide bonds. The summed E-state index contributed by atoms with van der Waals surface area (Å²) in [7, 11) is 0. The monoisotopic (exact) mass is 253 g/mol. The van der Waals surface area contributed by atoms with Gasteiger partial charge in [-0.05, 0) is 12.1 Å². The molecule has 1 N–H and O–H groups in total. The molecule has 5 heteroatoms. The molecule has 0 unspecified atom stereocenters. The van der Waals surface area contributed by atoms with Gasteiger partial charge in [-0.1, -0.05) is 0 Å². The van der Waals surface area contributed by atoms with Gasteiger partial charge in [0, 0.05) is 48.7 Å². The molecule has 0 radical (unpaired) electrons. The van der Waals surface area contributed by atoms with E-state index in [-0.39, 0.29) is 0 Å². The standard InChI is InChI=1S/C14H15N5/c15-5-2-8-19-13-4-7-17-10-12(13)14(18-19)11-3-1-6-16-9-11/h1,3,6,9,17H,2,4,7-8,10H2. The summed E-state index contributed by atoms with van der Waals surface area (Å²) in [5.74, 6) is 0. The fourth-order valence-electron chi connectivity index (χ4n) is 2.50. The molecule has 0 aliphatic carbocycles. The topological polar surface area (TPSA) is 66.5 Å². The van der Waals surface area contributed by atoms with E-state index in [2.05, 4.69) is 21.5 Å². The largest absolute Gasteiger partial charge is 0.312 e. The highest BCUT2D eigenvalue weighted by atomic mass is 15.3. The van der Waals surface area contributed by atoms with Crippen LogP contribution in [0.25, 0.3) is 11.3 Å². The van der Waals surface area contributed by atoms with Crippen LogP contribution in [0.15, 0.2) is 24.5 Å². The van der Waals surface area contributed by atoms with E-state index in [1.54, 1.807) is 6.20 Å². The first-order valence-corrected chi connectivity index (χ1v) is 6.47. The van der Waals surface area contributed by atoms with Gasteiger partial charge in [-0.2, -0.15) is 10.4 Å². The summed E-state index contributed by atoms with van der Waals surface area (Å²) in [6.07, 6.45) is 5.06. The fourth-order valence-corrected chi connectivity index (χ4v) is 2.50. The van der Waals surface area contributed by atoms with Gasteiger partial charge < -0.3 is 5.32 Å². The van der Waals surface area contributed by atoms with Crippen LogP contribution in [0.2, 0.25) is 0 Å². The summed E-state index contributed by atoms with van der Waals surface area (Å²) >= 11 is 0. The molecule has 3 rings (SSSR count). The third kappa shape index (κ3) is 2.23. The first-order valence-electron chi connectivity index (χ1n) is 6.47. The number of hydrogen-bond acceptors (Lipinski definition) is 4. The molecule has 0 aromatic carbocycles. The molecule has 19 heavy (non-hydrogen) atoms. The van der Waals surface area contributed by atoms with Crippen LogP contribution in [-0.4, -0.2) is 21.3 Å². The number of pyridine rings is 1. The summed E-state index contributed by atoms with van der Waals surface area (Å²) in [5, 5.41) is 16.8. The van der Waals surface area contributed by atoms with Gasteiger partial charge in [-0.25, -0.2) is 0 Å². The molecule has 0 fully saturated rings. The number of nitriles is 1. The molecule has 2 aromatic rings. The lowest BCUT2D eigenvalue weighted by molar-refractivity contribution is 0.557. The van der Waals surface area contributed by atoms with Crippen LogP contribution in [0.3, 0.4) is 0 Å². The van der Waals surface area contributed by atoms with Gasteiger partial charge in [0.15, 0.2) is 0 Å². The fraction of sp³-hybridized carbons (Fsp3) is 0.357. The van der Waals surface area contributed by atoms with Crippen molar-refractivity contribution in [2.75, 3.05) is 6.54 Å². The van der Waals surface area contributed by atoms with Gasteiger partial charge in [-0.3, -0.25) is 9.67 Å². The number of nitrogens with one attached hydrogen (secondary N) is 1. The summed E-state index contributed by atoms with van der Waals surface area (Å²) in [6, 6.07) is 6.13. The van der Waals surface area contributed by atoms with Gasteiger partial charge in [0.1, 0.15) is 0 Å². The Morgan fingerprint density at radius 3 is 3.21 bits per heavy atom. The zero-order valence-corrected chi connectivity index (χ0v) is 10.6. The van der Waals surface area contributed by atoms with Gasteiger partial charge in [0.05, 0.1) is 24.7 Å². The zero-order valence-electron chi connectivity index (χ0n) is 10.6. The minimum Gasteiger partial charge on any atom is -0.312 e. The van der Waals surface area contributed by atoms with E-state index in [9.17, 15) is 0 Å². The normalized spacial score (nSPS) is 13.8. The lowest BCUT2D eigenvalue weighted by atomic mass is 10.0. The van der Waals surface area contributed by atoms with E-state index in [0.29, 0.717) is 13.0 Å². The van der Waals surface area contributed by atoms with E-state index < -0.39 is 0 Å². The highest BCUT2D eigenvalue weighted by molar-refractivity contribution is 5.63. The maximum Gasteiger partial charge on any atom is 0.0986 e. The second-order valence-corrected chi connectivity index (χ2v) is 4.57. The Balaban J connectivity index is 2.05. The summed E-state index contributed by atoms with van der Waals surface area (Å²) in [4.78, 5) is 4.16. The van der Waals surface area contributed by atoms with Gasteiger partial charge >= 0.3 is 0 Å². The van der Waals surface area contributed by atoms with Crippen molar-refractivity contribution >= 4 is 0 Å². The maximum absolute atomic E-state index is 8.74. The average Bonchev–Trinajstić information content (AvgIpc) is 2.85. The zero-order chi connectivity index (χ0) is 13.1. The predicted octanol–water partition coefficient (Wildman–Crippen LogP) is 1.50. The summed E-state index contributed by atoms with van der Waals surface area (Å²) in [5.41, 5.74) is 4.54. The van der Waals surface area contributed by atoms with Crippen molar-refractivity contribution in [3.8, 4) is 17.3 Å². The molecular weight excluding hydrogens is 238 g/mol. The van der Waals surface area contributed by atoms with Crippen LogP contribution < -0.4 is 5.32 Å². The second-order valence-electron chi connectivity index (χ2n) is 4.57. The van der Waals surface area contributed by atoms with Gasteiger partial charge in [0.25, 0.3) is 0 Å². The van der Waals surface area contributed by atoms with Crippen LogP contribution in [0, 0.1) is 11.3 Å². The van der Waals surface area contributed by atoms with E-state index in [1.807, 2.05) is 23.0 Å². The molecule has 2 aromatic heterocycles. The smallest absolute Gasteiger partial charge is 0.0986 e. The molecule has 0 bridgehead atoms. The number of aromatic nitrogens is 3. The summed E-state index contributed by atoms with van der Waals surface area (Å²) < 4.78 is 1.99. The van der Waals surface area contributed by atoms with E-state index in [0.717, 1.165) is 30.8 Å². The van der Waals surface area contributed by atoms with E-state index in [1.165, 1.54) is 11.3 Å². The summed E-state index contributed by atoms with van der Waals surface area (Å²) in [6.45, 7) is 2.48. The quantitative estimate of drug-likeness (QED) is 0.900. The Bertz CT molecular complexity index is 609. The van der Waals surface area contributed by atoms with E-state index in [4.69, 9.17) is 5.26 Å². The molecule has 96 valence electrons. The molecule has 3 heterocycles. The lowest BCUT2D eigenvalue weighted by Crippen LogP contribution is -2.25. The number of aryl methyl sites for hydroxylation is 1. The van der Waals surface area contributed by atoms with Crippen molar-refractivity contribution in [2.24, 2.45) is 0 Å². The third-order valence-electron chi connectivity index (χ3n) is 3.38. The number of fused-ring (bicyclic) bond motifs is 1. The Labute approximate surface area is 111 Å². The van der Waals surface area contributed by atoms with Crippen molar-refractivity contribution < 1.29 is 0 Å². The SMILES string of the molecule is N#CCCn1nc(-c2cccnc2)c2c1CCNC2. The first kappa shape index (κ1) is 11.9. The van der Waals surface area contributed by atoms with Crippen LogP contribution >= 0.6 is 0 Å². The first-order chi connectivity index (χ1) is 9.40. The van der Waals surface area contributed by atoms with Crippen molar-refractivity contribution in [3.05, 3.63) is 35.8 Å². The Morgan fingerprint density at radius 2 is 2.42 bits per heavy atom.